The van der Waals surface area contributed by atoms with Crippen LogP contribution in [0.5, 0.6) is 11.5 Å². The molecule has 0 bridgehead atoms. The van der Waals surface area contributed by atoms with Crippen molar-refractivity contribution in [3.8, 4) is 11.5 Å². The molecule has 0 aliphatic carbocycles. The van der Waals surface area contributed by atoms with E-state index in [2.05, 4.69) is 0 Å². The van der Waals surface area contributed by atoms with Crippen LogP contribution in [0.2, 0.25) is 0 Å². The molecule has 4 heteroatoms. The standard InChI is InChI=1S/C14H13NO3/c1-15(10-6-8-11(16)9-7-10)14(18)12-4-2-3-5-13(12)17/h2-9,16-17H,1H3. The molecule has 1 amide bonds. The summed E-state index contributed by atoms with van der Waals surface area (Å²) in [5.74, 6) is -0.214. The third kappa shape index (κ3) is 2.27. The van der Waals surface area contributed by atoms with Gasteiger partial charge in [0.1, 0.15) is 11.5 Å². The van der Waals surface area contributed by atoms with Gasteiger partial charge in [-0.05, 0) is 36.4 Å². The third-order valence-corrected chi connectivity index (χ3v) is 2.68. The highest BCUT2D eigenvalue weighted by Gasteiger charge is 2.16. The second-order valence-electron chi connectivity index (χ2n) is 3.90. The first-order valence-corrected chi connectivity index (χ1v) is 5.44. The molecule has 2 aromatic rings. The summed E-state index contributed by atoms with van der Waals surface area (Å²) in [5, 5.41) is 18.8. The fourth-order valence-electron chi connectivity index (χ4n) is 1.63. The van der Waals surface area contributed by atoms with Gasteiger partial charge in [0, 0.05) is 12.7 Å². The number of anilines is 1. The lowest BCUT2D eigenvalue weighted by atomic mass is 10.1. The number of hydrogen-bond acceptors (Lipinski definition) is 3. The molecular weight excluding hydrogens is 230 g/mol. The second kappa shape index (κ2) is 4.79. The first-order valence-electron chi connectivity index (χ1n) is 5.44. The van der Waals surface area contributed by atoms with Gasteiger partial charge in [-0.15, -0.1) is 0 Å². The van der Waals surface area contributed by atoms with E-state index in [1.807, 2.05) is 0 Å². The number of amides is 1. The predicted molar refractivity (Wildman–Crippen MR) is 68.9 cm³/mol. The normalized spacial score (nSPS) is 10.1. The summed E-state index contributed by atoms with van der Waals surface area (Å²) < 4.78 is 0. The molecule has 0 saturated carbocycles. The molecule has 0 saturated heterocycles. The van der Waals surface area contributed by atoms with Crippen LogP contribution in [-0.4, -0.2) is 23.2 Å². The van der Waals surface area contributed by atoms with Crippen molar-refractivity contribution in [3.05, 3.63) is 54.1 Å². The number of phenols is 2. The zero-order valence-corrected chi connectivity index (χ0v) is 9.87. The number of aromatic hydroxyl groups is 2. The molecule has 2 rings (SSSR count). The molecule has 0 unspecified atom stereocenters. The number of hydrogen-bond donors (Lipinski definition) is 2. The van der Waals surface area contributed by atoms with Gasteiger partial charge in [-0.1, -0.05) is 12.1 Å². The zero-order chi connectivity index (χ0) is 13.1. The lowest BCUT2D eigenvalue weighted by molar-refractivity contribution is 0.0990. The second-order valence-corrected chi connectivity index (χ2v) is 3.90. The Kier molecular flexibility index (Phi) is 3.19. The summed E-state index contributed by atoms with van der Waals surface area (Å²) in [6.07, 6.45) is 0. The number of rotatable bonds is 2. The van der Waals surface area contributed by atoms with Gasteiger partial charge in [-0.3, -0.25) is 4.79 Å². The summed E-state index contributed by atoms with van der Waals surface area (Å²) in [6.45, 7) is 0. The molecule has 0 aliphatic heterocycles. The molecule has 0 spiro atoms. The molecule has 0 aromatic heterocycles. The highest BCUT2D eigenvalue weighted by Crippen LogP contribution is 2.22. The number of carbonyl (C=O) groups excluding carboxylic acids is 1. The van der Waals surface area contributed by atoms with Gasteiger partial charge >= 0.3 is 0 Å². The molecule has 0 atom stereocenters. The van der Waals surface area contributed by atoms with Crippen LogP contribution in [0, 0.1) is 0 Å². The topological polar surface area (TPSA) is 60.8 Å². The lowest BCUT2D eigenvalue weighted by Gasteiger charge is -2.17. The maximum Gasteiger partial charge on any atom is 0.261 e. The Morgan fingerprint density at radius 2 is 1.61 bits per heavy atom. The monoisotopic (exact) mass is 243 g/mol. The fourth-order valence-corrected chi connectivity index (χ4v) is 1.63. The minimum atomic E-state index is -0.307. The van der Waals surface area contributed by atoms with Crippen LogP contribution in [0.1, 0.15) is 10.4 Å². The van der Waals surface area contributed by atoms with Crippen molar-refractivity contribution in [3.63, 3.8) is 0 Å². The first-order chi connectivity index (χ1) is 8.59. The Hall–Kier alpha value is -2.49. The van der Waals surface area contributed by atoms with E-state index in [4.69, 9.17) is 0 Å². The average molecular weight is 243 g/mol. The van der Waals surface area contributed by atoms with Crippen molar-refractivity contribution >= 4 is 11.6 Å². The van der Waals surface area contributed by atoms with Gasteiger partial charge in [-0.2, -0.15) is 0 Å². The van der Waals surface area contributed by atoms with E-state index in [9.17, 15) is 15.0 Å². The predicted octanol–water partition coefficient (Wildman–Crippen LogP) is 2.37. The SMILES string of the molecule is CN(C(=O)c1ccccc1O)c1ccc(O)cc1. The Labute approximate surface area is 105 Å². The molecule has 0 heterocycles. The Bertz CT molecular complexity index is 564. The number of para-hydroxylation sites is 1. The van der Waals surface area contributed by atoms with Crippen LogP contribution in [-0.2, 0) is 0 Å². The van der Waals surface area contributed by atoms with Crippen molar-refractivity contribution in [2.24, 2.45) is 0 Å². The quantitative estimate of drug-likeness (QED) is 0.851. The minimum Gasteiger partial charge on any atom is -0.508 e. The largest absolute Gasteiger partial charge is 0.508 e. The Morgan fingerprint density at radius 3 is 2.22 bits per heavy atom. The van der Waals surface area contributed by atoms with E-state index < -0.39 is 0 Å². The molecule has 0 aliphatic rings. The highest BCUT2D eigenvalue weighted by atomic mass is 16.3. The van der Waals surface area contributed by atoms with E-state index in [0.29, 0.717) is 5.69 Å². The van der Waals surface area contributed by atoms with Crippen LogP contribution >= 0.6 is 0 Å². The first kappa shape index (κ1) is 12.0. The highest BCUT2D eigenvalue weighted by molar-refractivity contribution is 6.07. The van der Waals surface area contributed by atoms with Gasteiger partial charge in [-0.25, -0.2) is 0 Å². The number of phenolic OH excluding ortho intramolecular Hbond substituents is 2. The Morgan fingerprint density at radius 1 is 1.00 bits per heavy atom. The molecule has 18 heavy (non-hydrogen) atoms. The summed E-state index contributed by atoms with van der Waals surface area (Å²) in [4.78, 5) is 13.6. The lowest BCUT2D eigenvalue weighted by Crippen LogP contribution is -2.26. The zero-order valence-electron chi connectivity index (χ0n) is 9.87. The summed E-state index contributed by atoms with van der Waals surface area (Å²) in [5.41, 5.74) is 0.883. The smallest absolute Gasteiger partial charge is 0.261 e. The molecule has 0 fully saturated rings. The molecule has 2 aromatic carbocycles. The van der Waals surface area contributed by atoms with E-state index in [1.54, 1.807) is 37.4 Å². The molecule has 0 radical (unpaired) electrons. The van der Waals surface area contributed by atoms with Gasteiger partial charge in [0.15, 0.2) is 0 Å². The van der Waals surface area contributed by atoms with E-state index in [-0.39, 0.29) is 23.0 Å². The molecule has 92 valence electrons. The van der Waals surface area contributed by atoms with E-state index in [0.717, 1.165) is 0 Å². The van der Waals surface area contributed by atoms with Crippen molar-refractivity contribution in [2.45, 2.75) is 0 Å². The van der Waals surface area contributed by atoms with Gasteiger partial charge in [0.25, 0.3) is 5.91 Å². The average Bonchev–Trinajstić information content (AvgIpc) is 2.38. The summed E-state index contributed by atoms with van der Waals surface area (Å²) in [6, 6.07) is 12.7. The van der Waals surface area contributed by atoms with Crippen molar-refractivity contribution < 1.29 is 15.0 Å². The van der Waals surface area contributed by atoms with Gasteiger partial charge in [0.2, 0.25) is 0 Å². The van der Waals surface area contributed by atoms with Crippen LogP contribution < -0.4 is 4.90 Å². The number of carbonyl (C=O) groups is 1. The van der Waals surface area contributed by atoms with E-state index >= 15 is 0 Å². The minimum absolute atomic E-state index is 0.0480. The van der Waals surface area contributed by atoms with Crippen molar-refractivity contribution in [1.82, 2.24) is 0 Å². The molecular formula is C14H13NO3. The van der Waals surface area contributed by atoms with Crippen LogP contribution in [0.25, 0.3) is 0 Å². The molecule has 4 nitrogen and oxygen atoms in total. The maximum atomic E-state index is 12.2. The maximum absolute atomic E-state index is 12.2. The molecule has 2 N–H and O–H groups in total. The van der Waals surface area contributed by atoms with Gasteiger partial charge < -0.3 is 15.1 Å². The van der Waals surface area contributed by atoms with Gasteiger partial charge in [0.05, 0.1) is 5.56 Å². The van der Waals surface area contributed by atoms with Crippen LogP contribution in [0.4, 0.5) is 5.69 Å². The van der Waals surface area contributed by atoms with Crippen LogP contribution in [0.15, 0.2) is 48.5 Å². The number of benzene rings is 2. The fraction of sp³-hybridized carbons (Fsp3) is 0.0714. The third-order valence-electron chi connectivity index (χ3n) is 2.68. The summed E-state index contributed by atoms with van der Waals surface area (Å²) >= 11 is 0. The van der Waals surface area contributed by atoms with Crippen LogP contribution in [0.3, 0.4) is 0 Å². The summed E-state index contributed by atoms with van der Waals surface area (Å²) in [7, 11) is 1.61. The Balaban J connectivity index is 2.29. The number of nitrogens with zero attached hydrogens (tertiary/aromatic N) is 1. The van der Waals surface area contributed by atoms with Crippen molar-refractivity contribution in [2.75, 3.05) is 11.9 Å². The van der Waals surface area contributed by atoms with E-state index in [1.165, 1.54) is 23.1 Å². The van der Waals surface area contributed by atoms with Crippen molar-refractivity contribution in [1.29, 1.82) is 0 Å².